The van der Waals surface area contributed by atoms with Crippen molar-refractivity contribution in [1.82, 2.24) is 0 Å². The van der Waals surface area contributed by atoms with Crippen molar-refractivity contribution in [1.29, 1.82) is 0 Å². The Morgan fingerprint density at radius 1 is 1.17 bits per heavy atom. The first-order valence-corrected chi connectivity index (χ1v) is 8.79. The van der Waals surface area contributed by atoms with Gasteiger partial charge in [0.1, 0.15) is 5.75 Å². The molecule has 0 saturated carbocycles. The van der Waals surface area contributed by atoms with Gasteiger partial charge in [0.05, 0.1) is 11.4 Å². The lowest BCUT2D eigenvalue weighted by molar-refractivity contribution is -0.118. The third-order valence-corrected chi connectivity index (χ3v) is 4.45. The van der Waals surface area contributed by atoms with Gasteiger partial charge in [0.2, 0.25) is 5.91 Å². The molecule has 0 aliphatic carbocycles. The summed E-state index contributed by atoms with van der Waals surface area (Å²) >= 11 is 2.21. The highest BCUT2D eigenvalue weighted by Gasteiger charge is 2.24. The van der Waals surface area contributed by atoms with Crippen LogP contribution in [0.15, 0.2) is 48.5 Å². The number of para-hydroxylation sites is 2. The zero-order valence-corrected chi connectivity index (χ0v) is 15.2. The average molecular weight is 436 g/mol. The molecule has 0 spiro atoms. The van der Waals surface area contributed by atoms with E-state index in [-0.39, 0.29) is 18.4 Å². The van der Waals surface area contributed by atoms with Gasteiger partial charge < -0.3 is 15.0 Å². The van der Waals surface area contributed by atoms with Crippen LogP contribution in [0.25, 0.3) is 0 Å². The number of amides is 2. The summed E-state index contributed by atoms with van der Waals surface area (Å²) in [4.78, 5) is 25.8. The monoisotopic (exact) mass is 436 g/mol. The first-order chi connectivity index (χ1) is 11.6. The van der Waals surface area contributed by atoms with E-state index in [0.717, 1.165) is 15.7 Å². The lowest BCUT2D eigenvalue weighted by atomic mass is 10.2. The van der Waals surface area contributed by atoms with E-state index in [0.29, 0.717) is 24.4 Å². The zero-order valence-electron chi connectivity index (χ0n) is 13.0. The maximum atomic E-state index is 12.2. The molecule has 1 aliphatic rings. The normalized spacial score (nSPS) is 13.9. The van der Waals surface area contributed by atoms with Gasteiger partial charge in [-0.15, -0.1) is 0 Å². The highest BCUT2D eigenvalue weighted by Crippen LogP contribution is 2.29. The Balaban J connectivity index is 1.64. The first kappa shape index (κ1) is 16.8. The molecule has 3 rings (SSSR count). The molecule has 1 heterocycles. The molecule has 0 radical (unpaired) electrons. The van der Waals surface area contributed by atoms with Gasteiger partial charge >= 0.3 is 0 Å². The van der Waals surface area contributed by atoms with E-state index in [2.05, 4.69) is 27.9 Å². The van der Waals surface area contributed by atoms with Gasteiger partial charge in [0.15, 0.2) is 6.61 Å². The number of nitrogens with zero attached hydrogens (tertiary/aromatic N) is 1. The lowest BCUT2D eigenvalue weighted by Gasteiger charge is -2.20. The maximum Gasteiger partial charge on any atom is 0.262 e. The van der Waals surface area contributed by atoms with Crippen LogP contribution in [0, 0.1) is 3.57 Å². The summed E-state index contributed by atoms with van der Waals surface area (Å²) in [5.74, 6) is 0.480. The minimum Gasteiger partial charge on any atom is -0.484 e. The van der Waals surface area contributed by atoms with Crippen molar-refractivity contribution >= 4 is 45.8 Å². The Kier molecular flexibility index (Phi) is 5.34. The molecule has 124 valence electrons. The van der Waals surface area contributed by atoms with Crippen LogP contribution in [0.3, 0.4) is 0 Å². The summed E-state index contributed by atoms with van der Waals surface area (Å²) in [7, 11) is 0. The smallest absolute Gasteiger partial charge is 0.262 e. The Labute approximate surface area is 154 Å². The first-order valence-electron chi connectivity index (χ1n) is 7.71. The van der Waals surface area contributed by atoms with Crippen LogP contribution in [0.5, 0.6) is 5.75 Å². The minimum atomic E-state index is -0.257. The standard InChI is InChI=1S/C18H17IN2O3/c19-13-7-9-14(10-8-13)24-12-17(22)20-15-4-1-2-5-16(15)21-11-3-6-18(21)23/h1-2,4-5,7-10H,3,6,11-12H2,(H,20,22). The maximum absolute atomic E-state index is 12.2. The number of benzene rings is 2. The fraction of sp³-hybridized carbons (Fsp3) is 0.222. The molecule has 2 amide bonds. The Bertz CT molecular complexity index is 746. The van der Waals surface area contributed by atoms with Crippen LogP contribution in [-0.4, -0.2) is 25.0 Å². The summed E-state index contributed by atoms with van der Waals surface area (Å²) < 4.78 is 6.59. The van der Waals surface area contributed by atoms with Crippen LogP contribution >= 0.6 is 22.6 Å². The summed E-state index contributed by atoms with van der Waals surface area (Å²) in [5.41, 5.74) is 1.37. The van der Waals surface area contributed by atoms with Crippen molar-refractivity contribution < 1.29 is 14.3 Å². The van der Waals surface area contributed by atoms with Crippen molar-refractivity contribution in [2.24, 2.45) is 0 Å². The van der Waals surface area contributed by atoms with E-state index in [1.54, 1.807) is 11.0 Å². The number of nitrogens with one attached hydrogen (secondary N) is 1. The highest BCUT2D eigenvalue weighted by molar-refractivity contribution is 14.1. The molecule has 2 aromatic carbocycles. The van der Waals surface area contributed by atoms with Crippen molar-refractivity contribution in [3.8, 4) is 5.75 Å². The van der Waals surface area contributed by atoms with Crippen LogP contribution in [0.1, 0.15) is 12.8 Å². The molecular formula is C18H17IN2O3. The molecule has 0 aromatic heterocycles. The SMILES string of the molecule is O=C(COc1ccc(I)cc1)Nc1ccccc1N1CCCC1=O. The van der Waals surface area contributed by atoms with Crippen LogP contribution in [0.4, 0.5) is 11.4 Å². The van der Waals surface area contributed by atoms with Gasteiger partial charge in [-0.05, 0) is 65.4 Å². The molecule has 2 aromatic rings. The van der Waals surface area contributed by atoms with Crippen molar-refractivity contribution in [2.45, 2.75) is 12.8 Å². The minimum absolute atomic E-state index is 0.0805. The van der Waals surface area contributed by atoms with Gasteiger partial charge in [-0.1, -0.05) is 12.1 Å². The number of rotatable bonds is 5. The van der Waals surface area contributed by atoms with E-state index in [4.69, 9.17) is 4.74 Å². The largest absolute Gasteiger partial charge is 0.484 e. The van der Waals surface area contributed by atoms with Gasteiger partial charge in [-0.25, -0.2) is 0 Å². The Hall–Kier alpha value is -2.09. The zero-order chi connectivity index (χ0) is 16.9. The molecule has 1 aliphatic heterocycles. The van der Waals surface area contributed by atoms with Crippen molar-refractivity contribution in [3.05, 3.63) is 52.1 Å². The molecule has 0 unspecified atom stereocenters. The lowest BCUT2D eigenvalue weighted by Crippen LogP contribution is -2.26. The predicted molar refractivity (Wildman–Crippen MR) is 101 cm³/mol. The summed E-state index contributed by atoms with van der Waals surface area (Å²) in [6.07, 6.45) is 1.40. The number of hydrogen-bond acceptors (Lipinski definition) is 3. The topological polar surface area (TPSA) is 58.6 Å². The third kappa shape index (κ3) is 4.05. The van der Waals surface area contributed by atoms with E-state index in [9.17, 15) is 9.59 Å². The summed E-state index contributed by atoms with van der Waals surface area (Å²) in [6.45, 7) is 0.605. The molecule has 6 heteroatoms. The van der Waals surface area contributed by atoms with Gasteiger partial charge in [0.25, 0.3) is 5.91 Å². The van der Waals surface area contributed by atoms with E-state index in [1.807, 2.05) is 42.5 Å². The number of hydrogen-bond donors (Lipinski definition) is 1. The van der Waals surface area contributed by atoms with Crippen molar-refractivity contribution in [2.75, 3.05) is 23.4 Å². The molecular weight excluding hydrogens is 419 g/mol. The number of carbonyl (C=O) groups excluding carboxylic acids is 2. The molecule has 0 atom stereocenters. The van der Waals surface area contributed by atoms with Gasteiger partial charge in [-0.2, -0.15) is 0 Å². The Morgan fingerprint density at radius 2 is 1.92 bits per heavy atom. The van der Waals surface area contributed by atoms with E-state index in [1.165, 1.54) is 0 Å². The number of ether oxygens (including phenoxy) is 1. The second-order valence-corrected chi connectivity index (χ2v) is 6.70. The fourth-order valence-corrected chi connectivity index (χ4v) is 2.94. The third-order valence-electron chi connectivity index (χ3n) is 3.73. The average Bonchev–Trinajstić information content (AvgIpc) is 3.01. The van der Waals surface area contributed by atoms with Crippen molar-refractivity contribution in [3.63, 3.8) is 0 Å². The number of halogens is 1. The quantitative estimate of drug-likeness (QED) is 0.731. The number of anilines is 2. The predicted octanol–water partition coefficient (Wildman–Crippen LogP) is 3.44. The van der Waals surface area contributed by atoms with E-state index >= 15 is 0 Å². The van der Waals surface area contributed by atoms with Gasteiger partial charge in [-0.3, -0.25) is 9.59 Å². The second kappa shape index (κ2) is 7.65. The molecule has 24 heavy (non-hydrogen) atoms. The van der Waals surface area contributed by atoms with Crippen LogP contribution < -0.4 is 15.0 Å². The van der Waals surface area contributed by atoms with Gasteiger partial charge in [0, 0.05) is 16.5 Å². The van der Waals surface area contributed by atoms with E-state index < -0.39 is 0 Å². The van der Waals surface area contributed by atoms with Crippen LogP contribution in [-0.2, 0) is 9.59 Å². The summed E-state index contributed by atoms with van der Waals surface area (Å²) in [5, 5.41) is 2.83. The molecule has 5 nitrogen and oxygen atoms in total. The molecule has 1 N–H and O–H groups in total. The second-order valence-electron chi connectivity index (χ2n) is 5.46. The fourth-order valence-electron chi connectivity index (χ4n) is 2.58. The Morgan fingerprint density at radius 3 is 2.62 bits per heavy atom. The molecule has 1 saturated heterocycles. The summed E-state index contributed by atoms with van der Waals surface area (Å²) in [6, 6.07) is 14.8. The molecule has 0 bridgehead atoms. The van der Waals surface area contributed by atoms with Crippen LogP contribution in [0.2, 0.25) is 0 Å². The number of carbonyl (C=O) groups is 2. The highest BCUT2D eigenvalue weighted by atomic mass is 127. The molecule has 1 fully saturated rings.